The molecular formula is C12H25NO3S. The molecule has 0 radical (unpaired) electrons. The van der Waals surface area contributed by atoms with Crippen molar-refractivity contribution in [1.29, 1.82) is 0 Å². The SMILES string of the molecule is CCS(=O)(=O)CC(C)NCCCOCC1CC1. The third-order valence-corrected chi connectivity index (χ3v) is 4.84. The van der Waals surface area contributed by atoms with Gasteiger partial charge in [0.05, 0.1) is 5.75 Å². The Bertz CT molecular complexity index is 299. The van der Waals surface area contributed by atoms with Crippen LogP contribution in [0.1, 0.15) is 33.1 Å². The van der Waals surface area contributed by atoms with Gasteiger partial charge in [-0.1, -0.05) is 6.92 Å². The van der Waals surface area contributed by atoms with E-state index >= 15 is 0 Å². The van der Waals surface area contributed by atoms with E-state index in [1.54, 1.807) is 6.92 Å². The monoisotopic (exact) mass is 263 g/mol. The van der Waals surface area contributed by atoms with Crippen molar-refractivity contribution >= 4 is 9.84 Å². The molecular weight excluding hydrogens is 238 g/mol. The highest BCUT2D eigenvalue weighted by atomic mass is 32.2. The first kappa shape index (κ1) is 14.9. The highest BCUT2D eigenvalue weighted by molar-refractivity contribution is 7.91. The topological polar surface area (TPSA) is 55.4 Å². The van der Waals surface area contributed by atoms with E-state index < -0.39 is 9.84 Å². The number of rotatable bonds is 10. The van der Waals surface area contributed by atoms with E-state index in [1.807, 2.05) is 6.92 Å². The minimum atomic E-state index is -2.86. The number of hydrogen-bond acceptors (Lipinski definition) is 4. The number of ether oxygens (including phenoxy) is 1. The van der Waals surface area contributed by atoms with Crippen molar-refractivity contribution in [2.24, 2.45) is 5.92 Å². The minimum Gasteiger partial charge on any atom is -0.381 e. The van der Waals surface area contributed by atoms with Crippen LogP contribution in [0.5, 0.6) is 0 Å². The molecule has 4 nitrogen and oxygen atoms in total. The first-order valence-corrected chi connectivity index (χ1v) is 8.37. The molecule has 0 saturated heterocycles. The van der Waals surface area contributed by atoms with Gasteiger partial charge in [-0.3, -0.25) is 0 Å². The van der Waals surface area contributed by atoms with E-state index in [-0.39, 0.29) is 17.5 Å². The van der Waals surface area contributed by atoms with E-state index in [1.165, 1.54) is 12.8 Å². The Morgan fingerprint density at radius 3 is 2.71 bits per heavy atom. The second-order valence-corrected chi connectivity index (χ2v) is 7.32. The standard InChI is InChI=1S/C12H25NO3S/c1-3-17(14,15)10-11(2)13-7-4-8-16-9-12-5-6-12/h11-13H,3-10H2,1-2H3. The third-order valence-electron chi connectivity index (χ3n) is 2.95. The van der Waals surface area contributed by atoms with Crippen molar-refractivity contribution in [3.05, 3.63) is 0 Å². The second-order valence-electron chi connectivity index (χ2n) is 4.93. The molecule has 1 atom stereocenters. The Hall–Kier alpha value is -0.130. The molecule has 0 amide bonds. The lowest BCUT2D eigenvalue weighted by atomic mass is 10.3. The van der Waals surface area contributed by atoms with Crippen LogP contribution in [0.3, 0.4) is 0 Å². The maximum absolute atomic E-state index is 11.4. The summed E-state index contributed by atoms with van der Waals surface area (Å²) in [5, 5.41) is 3.22. The van der Waals surface area contributed by atoms with Gasteiger partial charge < -0.3 is 10.1 Å². The number of hydrogen-bond donors (Lipinski definition) is 1. The Morgan fingerprint density at radius 1 is 1.41 bits per heavy atom. The van der Waals surface area contributed by atoms with Crippen molar-refractivity contribution < 1.29 is 13.2 Å². The molecule has 102 valence electrons. The molecule has 1 fully saturated rings. The van der Waals surface area contributed by atoms with Gasteiger partial charge in [0.25, 0.3) is 0 Å². The second kappa shape index (κ2) is 7.34. The predicted octanol–water partition coefficient (Wildman–Crippen LogP) is 1.22. The van der Waals surface area contributed by atoms with Crippen molar-refractivity contribution in [2.45, 2.75) is 39.2 Å². The first-order chi connectivity index (χ1) is 8.03. The molecule has 0 bridgehead atoms. The summed E-state index contributed by atoms with van der Waals surface area (Å²) in [6.45, 7) is 6.10. The van der Waals surface area contributed by atoms with Crippen LogP contribution in [-0.2, 0) is 14.6 Å². The summed E-state index contributed by atoms with van der Waals surface area (Å²) in [7, 11) is -2.86. The quantitative estimate of drug-likeness (QED) is 0.602. The van der Waals surface area contributed by atoms with Crippen molar-refractivity contribution in [1.82, 2.24) is 5.32 Å². The molecule has 0 aliphatic heterocycles. The molecule has 0 aromatic rings. The highest BCUT2D eigenvalue weighted by Gasteiger charge is 2.20. The van der Waals surface area contributed by atoms with Crippen molar-refractivity contribution in [3.63, 3.8) is 0 Å². The molecule has 1 rings (SSSR count). The molecule has 0 heterocycles. The smallest absolute Gasteiger partial charge is 0.151 e. The average Bonchev–Trinajstić information content (AvgIpc) is 3.06. The third kappa shape index (κ3) is 7.73. The number of nitrogens with one attached hydrogen (secondary N) is 1. The van der Waals surface area contributed by atoms with Crippen LogP contribution in [0.4, 0.5) is 0 Å². The molecule has 1 aliphatic carbocycles. The van der Waals surface area contributed by atoms with Crippen LogP contribution in [0.2, 0.25) is 0 Å². The lowest BCUT2D eigenvalue weighted by Crippen LogP contribution is -2.34. The van der Waals surface area contributed by atoms with Gasteiger partial charge in [-0.15, -0.1) is 0 Å². The molecule has 1 aliphatic rings. The van der Waals surface area contributed by atoms with Crippen LogP contribution >= 0.6 is 0 Å². The van der Waals surface area contributed by atoms with Crippen LogP contribution in [0.15, 0.2) is 0 Å². The predicted molar refractivity (Wildman–Crippen MR) is 70.0 cm³/mol. The van der Waals surface area contributed by atoms with Crippen LogP contribution < -0.4 is 5.32 Å². The van der Waals surface area contributed by atoms with Gasteiger partial charge in [0.15, 0.2) is 9.84 Å². The van der Waals surface area contributed by atoms with Gasteiger partial charge in [-0.2, -0.15) is 0 Å². The van der Waals surface area contributed by atoms with E-state index in [0.29, 0.717) is 0 Å². The molecule has 0 aromatic heterocycles. The fourth-order valence-corrected chi connectivity index (χ4v) is 2.73. The summed E-state index contributed by atoms with van der Waals surface area (Å²) in [4.78, 5) is 0. The fraction of sp³-hybridized carbons (Fsp3) is 1.00. The fourth-order valence-electron chi connectivity index (χ4n) is 1.61. The van der Waals surface area contributed by atoms with Crippen LogP contribution in [-0.4, -0.2) is 45.7 Å². The average molecular weight is 263 g/mol. The Morgan fingerprint density at radius 2 is 2.12 bits per heavy atom. The molecule has 0 spiro atoms. The summed E-state index contributed by atoms with van der Waals surface area (Å²) in [5.74, 6) is 1.27. The van der Waals surface area contributed by atoms with Crippen LogP contribution in [0.25, 0.3) is 0 Å². The summed E-state index contributed by atoms with van der Waals surface area (Å²) in [6, 6.07) is 0.0309. The normalized spacial score (nSPS) is 18.2. The largest absolute Gasteiger partial charge is 0.381 e. The Labute approximate surface area is 105 Å². The van der Waals surface area contributed by atoms with Gasteiger partial charge in [0.2, 0.25) is 0 Å². The Kier molecular flexibility index (Phi) is 6.44. The van der Waals surface area contributed by atoms with Gasteiger partial charge in [-0.25, -0.2) is 8.42 Å². The maximum Gasteiger partial charge on any atom is 0.151 e. The summed E-state index contributed by atoms with van der Waals surface area (Å²) < 4.78 is 28.2. The molecule has 1 unspecified atom stereocenters. The zero-order chi connectivity index (χ0) is 12.7. The van der Waals surface area contributed by atoms with Gasteiger partial charge in [0, 0.05) is 25.0 Å². The van der Waals surface area contributed by atoms with Gasteiger partial charge in [0.1, 0.15) is 0 Å². The van der Waals surface area contributed by atoms with Gasteiger partial charge in [-0.05, 0) is 38.6 Å². The molecule has 5 heteroatoms. The van der Waals surface area contributed by atoms with Crippen molar-refractivity contribution in [3.8, 4) is 0 Å². The van der Waals surface area contributed by atoms with Crippen molar-refractivity contribution in [2.75, 3.05) is 31.3 Å². The zero-order valence-corrected chi connectivity index (χ0v) is 11.8. The molecule has 1 N–H and O–H groups in total. The summed E-state index contributed by atoms with van der Waals surface area (Å²) >= 11 is 0. The minimum absolute atomic E-state index is 0.0309. The lowest BCUT2D eigenvalue weighted by molar-refractivity contribution is 0.121. The highest BCUT2D eigenvalue weighted by Crippen LogP contribution is 2.28. The number of sulfone groups is 1. The zero-order valence-electron chi connectivity index (χ0n) is 10.9. The van der Waals surface area contributed by atoms with Crippen LogP contribution in [0, 0.1) is 5.92 Å². The maximum atomic E-state index is 11.4. The summed E-state index contributed by atoms with van der Waals surface area (Å²) in [6.07, 6.45) is 3.59. The van der Waals surface area contributed by atoms with E-state index in [0.717, 1.165) is 32.1 Å². The summed E-state index contributed by atoms with van der Waals surface area (Å²) in [5.41, 5.74) is 0. The molecule has 17 heavy (non-hydrogen) atoms. The van der Waals surface area contributed by atoms with E-state index in [4.69, 9.17) is 4.74 Å². The molecule has 1 saturated carbocycles. The lowest BCUT2D eigenvalue weighted by Gasteiger charge is -2.13. The van der Waals surface area contributed by atoms with E-state index in [2.05, 4.69) is 5.32 Å². The first-order valence-electron chi connectivity index (χ1n) is 6.55. The molecule has 0 aromatic carbocycles. The Balaban J connectivity index is 1.93. The van der Waals surface area contributed by atoms with Gasteiger partial charge >= 0.3 is 0 Å². The van der Waals surface area contributed by atoms with E-state index in [9.17, 15) is 8.42 Å².